The van der Waals surface area contributed by atoms with E-state index in [4.69, 9.17) is 31.1 Å². The molecule has 2 amide bonds. The predicted octanol–water partition coefficient (Wildman–Crippen LogP) is 3.40. The number of hydrogen-bond donors (Lipinski definition) is 4. The summed E-state index contributed by atoms with van der Waals surface area (Å²) in [7, 11) is 3.29. The number of fused-ring (bicyclic) bond motifs is 1. The largest absolute Gasteiger partial charge is 0.496 e. The number of allylic oxidation sites excluding steroid dienone is 1. The first kappa shape index (κ1) is 39.9. The van der Waals surface area contributed by atoms with Gasteiger partial charge >= 0.3 is 5.97 Å². The van der Waals surface area contributed by atoms with Crippen molar-refractivity contribution in [2.75, 3.05) is 75.2 Å². The number of piperazine rings is 1. The number of rotatable bonds is 16. The fourth-order valence-corrected chi connectivity index (χ4v) is 8.87. The summed E-state index contributed by atoms with van der Waals surface area (Å²) in [6.07, 6.45) is 7.73. The molecule has 3 fully saturated rings. The molecular formula is C38H54N10O6S. The van der Waals surface area contributed by atoms with E-state index in [1.165, 1.54) is 11.8 Å². The van der Waals surface area contributed by atoms with Crippen molar-refractivity contribution in [3.05, 3.63) is 36.2 Å². The minimum absolute atomic E-state index is 0.0224. The number of carbonyl (C=O) groups excluding carboxylic acids is 2. The molecule has 2 saturated heterocycles. The van der Waals surface area contributed by atoms with Gasteiger partial charge in [-0.05, 0) is 38.0 Å². The Kier molecular flexibility index (Phi) is 12.9. The van der Waals surface area contributed by atoms with E-state index in [1.807, 2.05) is 23.2 Å². The van der Waals surface area contributed by atoms with Crippen LogP contribution in [0.5, 0.6) is 11.5 Å². The number of hydrogen-bond acceptors (Lipinski definition) is 13. The molecule has 4 heterocycles. The number of anilines is 3. The van der Waals surface area contributed by atoms with Crippen LogP contribution in [0.2, 0.25) is 0 Å². The zero-order valence-electron chi connectivity index (χ0n) is 32.0. The molecule has 298 valence electrons. The van der Waals surface area contributed by atoms with Crippen LogP contribution in [0.4, 0.5) is 17.5 Å². The number of nitrogens with zero attached hydrogens (tertiary/aromatic N) is 7. The van der Waals surface area contributed by atoms with E-state index in [0.29, 0.717) is 80.0 Å². The van der Waals surface area contributed by atoms with Crippen molar-refractivity contribution in [1.82, 2.24) is 29.5 Å². The zero-order chi connectivity index (χ0) is 39.2. The minimum Gasteiger partial charge on any atom is -0.496 e. The van der Waals surface area contributed by atoms with Crippen LogP contribution in [0.1, 0.15) is 57.4 Å². The first-order valence-corrected chi connectivity index (χ1v) is 20.2. The summed E-state index contributed by atoms with van der Waals surface area (Å²) in [5.74, 6) is 1.71. The molecule has 1 unspecified atom stereocenters. The monoisotopic (exact) mass is 778 g/mol. The molecule has 6 rings (SSSR count). The van der Waals surface area contributed by atoms with Gasteiger partial charge in [0.05, 0.1) is 37.8 Å². The number of ether oxygens (including phenoxy) is 2. The lowest BCUT2D eigenvalue weighted by atomic mass is 9.81. The Bertz CT molecular complexity index is 1850. The van der Waals surface area contributed by atoms with Crippen LogP contribution in [0.3, 0.4) is 0 Å². The molecule has 0 bridgehead atoms. The third kappa shape index (κ3) is 9.20. The molecule has 2 aromatic heterocycles. The maximum Gasteiger partial charge on any atom is 0.321 e. The smallest absolute Gasteiger partial charge is 0.321 e. The number of nitrogen functional groups attached to an aromatic ring is 1. The third-order valence-corrected chi connectivity index (χ3v) is 12.2. The number of amides is 2. The quantitative estimate of drug-likeness (QED) is 0.154. The van der Waals surface area contributed by atoms with E-state index in [-0.39, 0.29) is 34.7 Å². The van der Waals surface area contributed by atoms with Crippen LogP contribution in [-0.4, -0.2) is 123 Å². The average Bonchev–Trinajstić information content (AvgIpc) is 3.71. The minimum atomic E-state index is -1.07. The van der Waals surface area contributed by atoms with E-state index in [0.717, 1.165) is 62.0 Å². The van der Waals surface area contributed by atoms with Gasteiger partial charge in [-0.3, -0.25) is 19.1 Å². The fraction of sp³-hybridized carbons (Fsp3) is 0.579. The van der Waals surface area contributed by atoms with Crippen molar-refractivity contribution in [3.63, 3.8) is 0 Å². The molecular weight excluding hydrogens is 725 g/mol. The third-order valence-electron chi connectivity index (χ3n) is 10.9. The molecule has 1 aliphatic carbocycles. The number of nitrogens with one attached hydrogen (secondary N) is 1. The Morgan fingerprint density at radius 2 is 1.78 bits per heavy atom. The second kappa shape index (κ2) is 17.8. The number of thioether (sulfide) groups is 1. The Labute approximate surface area is 326 Å². The van der Waals surface area contributed by atoms with Crippen LogP contribution in [-0.2, 0) is 20.9 Å². The van der Waals surface area contributed by atoms with Crippen molar-refractivity contribution >= 4 is 58.0 Å². The molecule has 17 heteroatoms. The van der Waals surface area contributed by atoms with Crippen molar-refractivity contribution in [2.45, 2.75) is 69.7 Å². The number of unbranched alkanes of at least 4 members (excludes halogenated alkanes) is 1. The molecule has 1 aromatic carbocycles. The summed E-state index contributed by atoms with van der Waals surface area (Å²) in [4.78, 5) is 52.6. The highest BCUT2D eigenvalue weighted by Crippen LogP contribution is 2.38. The lowest BCUT2D eigenvalue weighted by molar-refractivity contribution is -0.138. The van der Waals surface area contributed by atoms with Crippen LogP contribution >= 0.6 is 11.8 Å². The van der Waals surface area contributed by atoms with Crippen molar-refractivity contribution in [3.8, 4) is 11.5 Å². The maximum absolute atomic E-state index is 13.7. The number of benzene rings is 1. The van der Waals surface area contributed by atoms with E-state index in [2.05, 4.69) is 33.7 Å². The van der Waals surface area contributed by atoms with E-state index in [9.17, 15) is 14.4 Å². The summed E-state index contributed by atoms with van der Waals surface area (Å²) in [6.45, 7) is 10.6. The average molecular weight is 779 g/mol. The standard InChI is InChI=1S/C38H54N10O6S/c1-5-6-11-41-34-33-29(42-38(40)43-34)21-47(44-33)20-27-30(53-3)17-26(18-31(27)54-4)45-12-14-46(15-13-45)35(49)25-9-7-24(8-10-25)19-48-23(2)16-32(36(48)50)55-22-28(39)37(51)52/h17-18,21,24-25,28,32H,2,5-16,19-20,22,39H2,1,3-4H3,(H,51,52)(H3,40,41,42,43)/t24?,25?,28-,32?/m1/s1. The van der Waals surface area contributed by atoms with Crippen molar-refractivity contribution in [1.29, 1.82) is 0 Å². The molecule has 3 aromatic rings. The summed E-state index contributed by atoms with van der Waals surface area (Å²) < 4.78 is 13.6. The van der Waals surface area contributed by atoms with Gasteiger partial charge < -0.3 is 46.1 Å². The van der Waals surface area contributed by atoms with E-state index < -0.39 is 12.0 Å². The molecule has 2 atom stereocenters. The van der Waals surface area contributed by atoms with Gasteiger partial charge in [0.25, 0.3) is 0 Å². The molecule has 0 spiro atoms. The number of aliphatic carboxylic acids is 1. The highest BCUT2D eigenvalue weighted by molar-refractivity contribution is 8.00. The molecule has 2 aliphatic heterocycles. The SMILES string of the molecule is C=C1CC(SC[C@@H](N)C(=O)O)C(=O)N1CC1CCC(C(=O)N2CCN(c3cc(OC)c(Cn4cc5nc(N)nc(NCCCC)c5n4)c(OC)c3)CC2)CC1. The molecule has 55 heavy (non-hydrogen) atoms. The lowest BCUT2D eigenvalue weighted by Gasteiger charge is -2.39. The molecule has 3 aliphatic rings. The molecule has 1 saturated carbocycles. The van der Waals surface area contributed by atoms with Gasteiger partial charge in [0, 0.05) is 80.9 Å². The van der Waals surface area contributed by atoms with E-state index in [1.54, 1.807) is 23.8 Å². The van der Waals surface area contributed by atoms with Crippen molar-refractivity contribution < 1.29 is 29.0 Å². The lowest BCUT2D eigenvalue weighted by Crippen LogP contribution is -2.51. The zero-order valence-corrected chi connectivity index (χ0v) is 32.9. The topological polar surface area (TPSA) is 207 Å². The van der Waals surface area contributed by atoms with Gasteiger partial charge in [0.1, 0.15) is 23.1 Å². The second-order valence-corrected chi connectivity index (χ2v) is 15.9. The Balaban J connectivity index is 1.02. The van der Waals surface area contributed by atoms with Crippen LogP contribution in [0.25, 0.3) is 11.0 Å². The number of carboxylic acids is 1. The van der Waals surface area contributed by atoms with E-state index >= 15 is 0 Å². The number of carboxylic acid groups (broad SMARTS) is 1. The normalized spacial score (nSPS) is 20.9. The van der Waals surface area contributed by atoms with Gasteiger partial charge in [-0.15, -0.1) is 11.8 Å². The maximum atomic E-state index is 13.7. The summed E-state index contributed by atoms with van der Waals surface area (Å²) in [5, 5.41) is 16.8. The second-order valence-electron chi connectivity index (χ2n) is 14.6. The summed E-state index contributed by atoms with van der Waals surface area (Å²) >= 11 is 1.29. The Morgan fingerprint density at radius 1 is 1.09 bits per heavy atom. The van der Waals surface area contributed by atoms with Gasteiger partial charge in [-0.1, -0.05) is 19.9 Å². The first-order chi connectivity index (χ1) is 26.5. The summed E-state index contributed by atoms with van der Waals surface area (Å²) in [6, 6.07) is 3.03. The number of nitrogens with two attached hydrogens (primary N) is 2. The predicted molar refractivity (Wildman–Crippen MR) is 213 cm³/mol. The molecule has 6 N–H and O–H groups in total. The summed E-state index contributed by atoms with van der Waals surface area (Å²) in [5.41, 5.74) is 15.5. The highest BCUT2D eigenvalue weighted by atomic mass is 32.2. The molecule has 0 radical (unpaired) electrons. The number of methoxy groups -OCH3 is 2. The number of carbonyl (C=O) groups is 3. The Morgan fingerprint density at radius 3 is 2.42 bits per heavy atom. The van der Waals surface area contributed by atoms with Crippen LogP contribution in [0.15, 0.2) is 30.6 Å². The van der Waals surface area contributed by atoms with Crippen molar-refractivity contribution in [2.24, 2.45) is 17.6 Å². The number of likely N-dealkylation sites (tertiary alicyclic amines) is 1. The van der Waals surface area contributed by atoms with Gasteiger partial charge in [0.15, 0.2) is 11.3 Å². The Hall–Kier alpha value is -4.77. The first-order valence-electron chi connectivity index (χ1n) is 19.1. The fourth-order valence-electron chi connectivity index (χ4n) is 7.71. The highest BCUT2D eigenvalue weighted by Gasteiger charge is 2.38. The van der Waals surface area contributed by atoms with Gasteiger partial charge in [0.2, 0.25) is 17.8 Å². The van der Waals surface area contributed by atoms with Gasteiger partial charge in [-0.2, -0.15) is 10.1 Å². The molecule has 16 nitrogen and oxygen atoms in total. The van der Waals surface area contributed by atoms with Gasteiger partial charge in [-0.25, -0.2) is 4.98 Å². The van der Waals surface area contributed by atoms with Crippen LogP contribution in [0, 0.1) is 11.8 Å². The number of aromatic nitrogens is 4. The van der Waals surface area contributed by atoms with Crippen LogP contribution < -0.4 is 31.2 Å².